The van der Waals surface area contributed by atoms with Gasteiger partial charge in [0.05, 0.1) is 6.61 Å². The summed E-state index contributed by atoms with van der Waals surface area (Å²) in [5.41, 5.74) is 0. The molecule has 0 radical (unpaired) electrons. The van der Waals surface area contributed by atoms with Crippen LogP contribution in [0.5, 0.6) is 0 Å². The summed E-state index contributed by atoms with van der Waals surface area (Å²) in [6.45, 7) is 2.65. The van der Waals surface area contributed by atoms with Crippen molar-refractivity contribution in [2.45, 2.75) is 12.8 Å². The van der Waals surface area contributed by atoms with Crippen molar-refractivity contribution in [3.8, 4) is 0 Å². The van der Waals surface area contributed by atoms with Gasteiger partial charge in [-0.25, -0.2) is 4.98 Å². The number of hydrogen-bond donors (Lipinski definition) is 0. The molecule has 1 saturated carbocycles. The lowest BCUT2D eigenvalue weighted by Crippen LogP contribution is -2.22. The maximum absolute atomic E-state index is 5.58. The number of likely N-dealkylation sites (N-methyl/N-ethyl adjacent to an activating group) is 1. The summed E-state index contributed by atoms with van der Waals surface area (Å²) in [6, 6.07) is 0. The van der Waals surface area contributed by atoms with Gasteiger partial charge in [-0.3, -0.25) is 0 Å². The van der Waals surface area contributed by atoms with Crippen LogP contribution in [-0.4, -0.2) is 31.8 Å². The molecule has 0 aliphatic heterocycles. The van der Waals surface area contributed by atoms with Crippen molar-refractivity contribution in [1.29, 1.82) is 0 Å². The van der Waals surface area contributed by atoms with Crippen LogP contribution in [0.3, 0.4) is 0 Å². The van der Waals surface area contributed by atoms with Crippen molar-refractivity contribution in [3.05, 3.63) is 9.98 Å². The zero-order chi connectivity index (χ0) is 10.7. The Morgan fingerprint density at radius 3 is 3.07 bits per heavy atom. The van der Waals surface area contributed by atoms with Gasteiger partial charge in [-0.15, -0.1) is 11.3 Å². The van der Waals surface area contributed by atoms with Gasteiger partial charge in [0, 0.05) is 25.6 Å². The zero-order valence-corrected chi connectivity index (χ0v) is 11.2. The molecule has 1 heterocycles. The number of hydrogen-bond acceptors (Lipinski definition) is 4. The fourth-order valence-electron chi connectivity index (χ4n) is 1.25. The van der Waals surface area contributed by atoms with E-state index >= 15 is 0 Å². The van der Waals surface area contributed by atoms with Crippen LogP contribution in [0.25, 0.3) is 0 Å². The van der Waals surface area contributed by atoms with E-state index in [1.807, 2.05) is 12.4 Å². The monoisotopic (exact) mass is 290 g/mol. The first-order valence-corrected chi connectivity index (χ1v) is 6.83. The van der Waals surface area contributed by atoms with Crippen LogP contribution in [0.2, 0.25) is 0 Å². The van der Waals surface area contributed by atoms with Gasteiger partial charge < -0.3 is 9.64 Å². The van der Waals surface area contributed by atoms with E-state index in [0.29, 0.717) is 0 Å². The van der Waals surface area contributed by atoms with Crippen LogP contribution in [0.15, 0.2) is 9.98 Å². The quantitative estimate of drug-likeness (QED) is 0.754. The SMILES string of the molecule is CN(CCOCC1CC1)c1nc(Br)cs1. The first kappa shape index (κ1) is 11.4. The summed E-state index contributed by atoms with van der Waals surface area (Å²) in [5.74, 6) is 0.851. The first-order valence-electron chi connectivity index (χ1n) is 5.15. The van der Waals surface area contributed by atoms with E-state index in [4.69, 9.17) is 4.74 Å². The average Bonchev–Trinajstić information content (AvgIpc) is 2.94. The summed E-state index contributed by atoms with van der Waals surface area (Å²) in [7, 11) is 2.05. The Morgan fingerprint density at radius 2 is 2.47 bits per heavy atom. The van der Waals surface area contributed by atoms with E-state index in [-0.39, 0.29) is 0 Å². The third-order valence-electron chi connectivity index (χ3n) is 2.41. The molecule has 0 unspecified atom stereocenters. The van der Waals surface area contributed by atoms with Gasteiger partial charge >= 0.3 is 0 Å². The van der Waals surface area contributed by atoms with Gasteiger partial charge in [0.25, 0.3) is 0 Å². The van der Waals surface area contributed by atoms with Crippen LogP contribution in [0, 0.1) is 5.92 Å². The summed E-state index contributed by atoms with van der Waals surface area (Å²) in [5, 5.41) is 3.04. The highest BCUT2D eigenvalue weighted by Crippen LogP contribution is 2.28. The third kappa shape index (κ3) is 3.74. The van der Waals surface area contributed by atoms with Gasteiger partial charge in [0.2, 0.25) is 0 Å². The largest absolute Gasteiger partial charge is 0.379 e. The van der Waals surface area contributed by atoms with Crippen molar-refractivity contribution >= 4 is 32.4 Å². The second kappa shape index (κ2) is 5.27. The molecule has 15 heavy (non-hydrogen) atoms. The van der Waals surface area contributed by atoms with Gasteiger partial charge in [-0.05, 0) is 34.7 Å². The highest BCUT2D eigenvalue weighted by molar-refractivity contribution is 9.10. The Balaban J connectivity index is 1.64. The molecule has 0 saturated heterocycles. The molecule has 0 atom stereocenters. The van der Waals surface area contributed by atoms with Crippen molar-refractivity contribution < 1.29 is 4.74 Å². The third-order valence-corrected chi connectivity index (χ3v) is 4.08. The second-order valence-electron chi connectivity index (χ2n) is 3.89. The predicted octanol–water partition coefficient (Wildman–Crippen LogP) is 2.77. The molecule has 0 N–H and O–H groups in total. The van der Waals surface area contributed by atoms with Crippen molar-refractivity contribution in [2.75, 3.05) is 31.7 Å². The molecule has 84 valence electrons. The molecule has 1 fully saturated rings. The summed E-state index contributed by atoms with van der Waals surface area (Å²) in [4.78, 5) is 6.47. The Kier molecular flexibility index (Phi) is 3.99. The molecular formula is C10H15BrN2OS. The first-order chi connectivity index (χ1) is 7.25. The standard InChI is InChI=1S/C10H15BrN2OS/c1-13(10-12-9(11)7-15-10)4-5-14-6-8-2-3-8/h7-8H,2-6H2,1H3. The molecule has 0 aromatic carbocycles. The second-order valence-corrected chi connectivity index (χ2v) is 5.54. The topological polar surface area (TPSA) is 25.4 Å². The number of halogens is 1. The average molecular weight is 291 g/mol. The van der Waals surface area contributed by atoms with Gasteiger partial charge in [0.15, 0.2) is 5.13 Å². The lowest BCUT2D eigenvalue weighted by molar-refractivity contribution is 0.131. The van der Waals surface area contributed by atoms with E-state index < -0.39 is 0 Å². The Morgan fingerprint density at radius 1 is 1.67 bits per heavy atom. The van der Waals surface area contributed by atoms with Crippen molar-refractivity contribution in [3.63, 3.8) is 0 Å². The van der Waals surface area contributed by atoms with Gasteiger partial charge in [0.1, 0.15) is 4.60 Å². The molecule has 5 heteroatoms. The van der Waals surface area contributed by atoms with Crippen LogP contribution in [0.4, 0.5) is 5.13 Å². The molecule has 0 spiro atoms. The molecule has 1 aliphatic carbocycles. The minimum Gasteiger partial charge on any atom is -0.379 e. The van der Waals surface area contributed by atoms with Crippen molar-refractivity contribution in [1.82, 2.24) is 4.98 Å². The highest BCUT2D eigenvalue weighted by atomic mass is 79.9. The van der Waals surface area contributed by atoms with Crippen molar-refractivity contribution in [2.24, 2.45) is 5.92 Å². The predicted molar refractivity (Wildman–Crippen MR) is 66.6 cm³/mol. The maximum atomic E-state index is 5.58. The summed E-state index contributed by atoms with van der Waals surface area (Å²) in [6.07, 6.45) is 2.71. The van der Waals surface area contributed by atoms with Gasteiger partial charge in [-0.1, -0.05) is 0 Å². The zero-order valence-electron chi connectivity index (χ0n) is 8.78. The number of nitrogens with zero attached hydrogens (tertiary/aromatic N) is 2. The fourth-order valence-corrected chi connectivity index (χ4v) is 2.50. The minimum atomic E-state index is 0.796. The molecule has 1 aromatic rings. The normalized spacial score (nSPS) is 15.6. The van der Waals surface area contributed by atoms with Crippen LogP contribution in [0.1, 0.15) is 12.8 Å². The van der Waals surface area contributed by atoms with E-state index in [9.17, 15) is 0 Å². The lowest BCUT2D eigenvalue weighted by Gasteiger charge is -2.15. The summed E-state index contributed by atoms with van der Waals surface area (Å²) < 4.78 is 6.49. The maximum Gasteiger partial charge on any atom is 0.186 e. The Bertz CT molecular complexity index is 314. The van der Waals surface area contributed by atoms with E-state index in [1.165, 1.54) is 12.8 Å². The molecule has 1 aromatic heterocycles. The van der Waals surface area contributed by atoms with E-state index in [1.54, 1.807) is 11.3 Å². The smallest absolute Gasteiger partial charge is 0.186 e. The molecule has 0 amide bonds. The van der Waals surface area contributed by atoms with Gasteiger partial charge in [-0.2, -0.15) is 0 Å². The molecular weight excluding hydrogens is 276 g/mol. The lowest BCUT2D eigenvalue weighted by atomic mass is 10.5. The van der Waals surface area contributed by atoms with E-state index in [0.717, 1.165) is 35.4 Å². The van der Waals surface area contributed by atoms with Crippen LogP contribution >= 0.6 is 27.3 Å². The highest BCUT2D eigenvalue weighted by Gasteiger charge is 2.21. The number of aromatic nitrogens is 1. The molecule has 3 nitrogen and oxygen atoms in total. The van der Waals surface area contributed by atoms with E-state index in [2.05, 4.69) is 25.8 Å². The number of ether oxygens (including phenoxy) is 1. The molecule has 1 aliphatic rings. The summed E-state index contributed by atoms with van der Waals surface area (Å²) >= 11 is 5.00. The molecule has 2 rings (SSSR count). The Hall–Kier alpha value is -0.130. The van der Waals surface area contributed by atoms with Crippen LogP contribution in [-0.2, 0) is 4.74 Å². The number of anilines is 1. The minimum absolute atomic E-state index is 0.796. The number of rotatable bonds is 6. The molecule has 0 bridgehead atoms. The number of thiazole rings is 1. The fraction of sp³-hybridized carbons (Fsp3) is 0.700. The Labute approximate surface area is 103 Å². The van der Waals surface area contributed by atoms with Crippen LogP contribution < -0.4 is 4.90 Å².